The Bertz CT molecular complexity index is 682. The number of aromatic amines is 1. The molecule has 0 bridgehead atoms. The van der Waals surface area contributed by atoms with Crippen molar-refractivity contribution in [2.24, 2.45) is 7.05 Å². The van der Waals surface area contributed by atoms with Crippen LogP contribution in [0.2, 0.25) is 0 Å². The van der Waals surface area contributed by atoms with Crippen LogP contribution in [0.25, 0.3) is 11.2 Å². The smallest absolute Gasteiger partial charge is 0.226 e. The zero-order chi connectivity index (χ0) is 12.5. The molecule has 18 heavy (non-hydrogen) atoms. The van der Waals surface area contributed by atoms with Crippen molar-refractivity contribution in [1.82, 2.24) is 29.7 Å². The van der Waals surface area contributed by atoms with Gasteiger partial charge in [-0.1, -0.05) is 0 Å². The molecule has 0 aromatic carbocycles. The fourth-order valence-electron chi connectivity index (χ4n) is 1.66. The van der Waals surface area contributed by atoms with Crippen molar-refractivity contribution in [1.29, 1.82) is 0 Å². The molecule has 0 spiro atoms. The first-order valence-electron chi connectivity index (χ1n) is 5.41. The van der Waals surface area contributed by atoms with E-state index in [1.165, 1.54) is 0 Å². The molecule has 0 fully saturated rings. The van der Waals surface area contributed by atoms with Gasteiger partial charge in [-0.3, -0.25) is 4.68 Å². The van der Waals surface area contributed by atoms with Gasteiger partial charge in [0.1, 0.15) is 5.52 Å². The van der Waals surface area contributed by atoms with Crippen LogP contribution in [-0.4, -0.2) is 36.8 Å². The number of rotatable bonds is 3. The average molecular weight is 244 g/mol. The molecule has 0 aliphatic rings. The minimum Gasteiger partial charge on any atom is -0.357 e. The van der Waals surface area contributed by atoms with E-state index in [2.05, 4.69) is 35.7 Å². The van der Waals surface area contributed by atoms with Crippen LogP contribution in [0.4, 0.5) is 17.5 Å². The Morgan fingerprint density at radius 1 is 1.33 bits per heavy atom. The summed E-state index contributed by atoms with van der Waals surface area (Å²) in [5.74, 6) is 1.18. The maximum Gasteiger partial charge on any atom is 0.226 e. The van der Waals surface area contributed by atoms with Gasteiger partial charge in [0.05, 0.1) is 18.2 Å². The van der Waals surface area contributed by atoms with Crippen molar-refractivity contribution in [3.05, 3.63) is 18.7 Å². The minimum atomic E-state index is 0.515. The molecule has 3 N–H and O–H groups in total. The van der Waals surface area contributed by atoms with E-state index in [1.807, 2.05) is 13.2 Å². The monoisotopic (exact) mass is 244 g/mol. The Kier molecular flexibility index (Phi) is 2.33. The maximum absolute atomic E-state index is 4.35. The van der Waals surface area contributed by atoms with Gasteiger partial charge in [-0.05, 0) is 0 Å². The van der Waals surface area contributed by atoms with Crippen LogP contribution >= 0.6 is 0 Å². The van der Waals surface area contributed by atoms with E-state index in [0.29, 0.717) is 17.4 Å². The molecule has 0 unspecified atom stereocenters. The summed E-state index contributed by atoms with van der Waals surface area (Å²) in [6.45, 7) is 0. The van der Waals surface area contributed by atoms with Gasteiger partial charge in [0.15, 0.2) is 11.5 Å². The van der Waals surface area contributed by atoms with Crippen LogP contribution in [0.15, 0.2) is 18.7 Å². The number of nitrogens with one attached hydrogen (secondary N) is 3. The van der Waals surface area contributed by atoms with E-state index in [0.717, 1.165) is 11.2 Å². The zero-order valence-electron chi connectivity index (χ0n) is 9.97. The number of nitrogens with zero attached hydrogens (tertiary/aromatic N) is 5. The molecule has 0 aliphatic carbocycles. The lowest BCUT2D eigenvalue weighted by atomic mass is 10.4. The number of H-pyrrole nitrogens is 1. The first-order chi connectivity index (χ1) is 8.76. The predicted molar refractivity (Wildman–Crippen MR) is 67.7 cm³/mol. The fraction of sp³-hybridized carbons (Fsp3) is 0.200. The number of imidazole rings is 1. The second-order valence-corrected chi connectivity index (χ2v) is 3.77. The number of aryl methyl sites for hydroxylation is 1. The standard InChI is InChI=1S/C10H12N8/c1-11-10-16-8-7(12-5-13-8)9(17-10)15-6-3-14-18(2)4-6/h3-5H,1-2H3,(H3,11,12,13,15,16,17). The average Bonchev–Trinajstić information content (AvgIpc) is 2.98. The second-order valence-electron chi connectivity index (χ2n) is 3.77. The van der Waals surface area contributed by atoms with Crippen LogP contribution in [0, 0.1) is 0 Å². The summed E-state index contributed by atoms with van der Waals surface area (Å²) in [4.78, 5) is 15.7. The molecule has 0 saturated heterocycles. The summed E-state index contributed by atoms with van der Waals surface area (Å²) in [7, 11) is 3.62. The summed E-state index contributed by atoms with van der Waals surface area (Å²) >= 11 is 0. The lowest BCUT2D eigenvalue weighted by Gasteiger charge is -2.05. The van der Waals surface area contributed by atoms with Crippen molar-refractivity contribution in [2.75, 3.05) is 17.7 Å². The third-order valence-electron chi connectivity index (χ3n) is 2.48. The Morgan fingerprint density at radius 3 is 2.94 bits per heavy atom. The summed E-state index contributed by atoms with van der Waals surface area (Å²) in [5, 5.41) is 10.2. The van der Waals surface area contributed by atoms with Crippen molar-refractivity contribution < 1.29 is 0 Å². The Balaban J connectivity index is 2.06. The normalized spacial score (nSPS) is 10.8. The highest BCUT2D eigenvalue weighted by Gasteiger charge is 2.09. The van der Waals surface area contributed by atoms with Gasteiger partial charge in [0, 0.05) is 20.3 Å². The van der Waals surface area contributed by atoms with E-state index >= 15 is 0 Å². The highest BCUT2D eigenvalue weighted by atomic mass is 15.3. The van der Waals surface area contributed by atoms with Gasteiger partial charge in [-0.15, -0.1) is 0 Å². The molecule has 0 aliphatic heterocycles. The molecule has 8 heteroatoms. The Morgan fingerprint density at radius 2 is 2.22 bits per heavy atom. The highest BCUT2D eigenvalue weighted by Crippen LogP contribution is 2.21. The van der Waals surface area contributed by atoms with Crippen LogP contribution in [0.5, 0.6) is 0 Å². The van der Waals surface area contributed by atoms with E-state index in [1.54, 1.807) is 24.3 Å². The van der Waals surface area contributed by atoms with Crippen molar-refractivity contribution in [3.63, 3.8) is 0 Å². The Hall–Kier alpha value is -2.64. The van der Waals surface area contributed by atoms with Crippen molar-refractivity contribution in [2.45, 2.75) is 0 Å². The Labute approximate surface area is 102 Å². The van der Waals surface area contributed by atoms with Crippen LogP contribution in [0.1, 0.15) is 0 Å². The lowest BCUT2D eigenvalue weighted by molar-refractivity contribution is 0.768. The number of hydrogen-bond acceptors (Lipinski definition) is 6. The zero-order valence-corrected chi connectivity index (χ0v) is 9.97. The first-order valence-corrected chi connectivity index (χ1v) is 5.41. The second kappa shape index (κ2) is 3.99. The van der Waals surface area contributed by atoms with E-state index in [9.17, 15) is 0 Å². The molecule has 92 valence electrons. The summed E-state index contributed by atoms with van der Waals surface area (Å²) in [5.41, 5.74) is 2.23. The largest absolute Gasteiger partial charge is 0.357 e. The summed E-state index contributed by atoms with van der Waals surface area (Å²) in [6.07, 6.45) is 5.18. The number of anilines is 3. The van der Waals surface area contributed by atoms with E-state index in [4.69, 9.17) is 0 Å². The molecule has 3 aromatic heterocycles. The lowest BCUT2D eigenvalue weighted by Crippen LogP contribution is -2.01. The first kappa shape index (κ1) is 10.5. The topological polar surface area (TPSA) is 96.3 Å². The van der Waals surface area contributed by atoms with Crippen molar-refractivity contribution >= 4 is 28.6 Å². The molecular weight excluding hydrogens is 232 g/mol. The fourth-order valence-corrected chi connectivity index (χ4v) is 1.66. The summed E-state index contributed by atoms with van der Waals surface area (Å²) < 4.78 is 1.71. The van der Waals surface area contributed by atoms with Gasteiger partial charge >= 0.3 is 0 Å². The van der Waals surface area contributed by atoms with E-state index in [-0.39, 0.29) is 0 Å². The molecule has 0 amide bonds. The molecule has 0 radical (unpaired) electrons. The van der Waals surface area contributed by atoms with Gasteiger partial charge in [-0.25, -0.2) is 4.98 Å². The van der Waals surface area contributed by atoms with Gasteiger partial charge in [0.25, 0.3) is 0 Å². The van der Waals surface area contributed by atoms with Gasteiger partial charge < -0.3 is 15.6 Å². The van der Waals surface area contributed by atoms with E-state index < -0.39 is 0 Å². The van der Waals surface area contributed by atoms with Crippen LogP contribution in [0.3, 0.4) is 0 Å². The molecule has 3 rings (SSSR count). The summed E-state index contributed by atoms with van der Waals surface area (Å²) in [6, 6.07) is 0. The number of hydrogen-bond donors (Lipinski definition) is 3. The van der Waals surface area contributed by atoms with Crippen LogP contribution in [-0.2, 0) is 7.05 Å². The molecule has 3 aromatic rings. The minimum absolute atomic E-state index is 0.515. The SMILES string of the molecule is CNc1nc(Nc2cnn(C)c2)c2[nH]cnc2n1. The number of fused-ring (bicyclic) bond motifs is 1. The molecule has 3 heterocycles. The van der Waals surface area contributed by atoms with Crippen LogP contribution < -0.4 is 10.6 Å². The third kappa shape index (κ3) is 1.73. The molecule has 8 nitrogen and oxygen atoms in total. The molecular formula is C10H12N8. The molecule has 0 saturated carbocycles. The third-order valence-corrected chi connectivity index (χ3v) is 2.48. The highest BCUT2D eigenvalue weighted by molar-refractivity contribution is 5.85. The quantitative estimate of drug-likeness (QED) is 0.632. The maximum atomic E-state index is 4.35. The van der Waals surface area contributed by atoms with Gasteiger partial charge in [-0.2, -0.15) is 15.1 Å². The predicted octanol–water partition coefficient (Wildman–Crippen LogP) is 0.872. The number of aromatic nitrogens is 6. The van der Waals surface area contributed by atoms with Gasteiger partial charge in [0.2, 0.25) is 5.95 Å². The molecule has 0 atom stereocenters. The van der Waals surface area contributed by atoms with Crippen molar-refractivity contribution in [3.8, 4) is 0 Å².